The molecule has 0 unspecified atom stereocenters. The molecule has 0 amide bonds. The van der Waals surface area contributed by atoms with Crippen LogP contribution < -0.4 is 4.90 Å². The third-order valence-corrected chi connectivity index (χ3v) is 7.27. The number of hydrogen-bond donors (Lipinski definition) is 0. The molecule has 1 aliphatic rings. The van der Waals surface area contributed by atoms with Gasteiger partial charge in [0.1, 0.15) is 10.8 Å². The zero-order valence-corrected chi connectivity index (χ0v) is 16.0. The molecule has 2 aromatic heterocycles. The molecular formula is C16H18FN5O2S2. The van der Waals surface area contributed by atoms with Gasteiger partial charge in [0, 0.05) is 26.2 Å². The lowest BCUT2D eigenvalue weighted by atomic mass is 10.2. The van der Waals surface area contributed by atoms with Gasteiger partial charge in [0.15, 0.2) is 5.03 Å². The largest absolute Gasteiger partial charge is 0.367 e. The van der Waals surface area contributed by atoms with E-state index in [1.165, 1.54) is 26.2 Å². The Labute approximate surface area is 154 Å². The normalized spacial score (nSPS) is 16.5. The molecule has 3 aromatic rings. The van der Waals surface area contributed by atoms with Gasteiger partial charge in [0.05, 0.1) is 11.4 Å². The molecule has 0 bridgehead atoms. The molecule has 7 nitrogen and oxygen atoms in total. The topological polar surface area (TPSA) is 70.8 Å². The number of para-hydroxylation sites is 1. The van der Waals surface area contributed by atoms with Crippen LogP contribution in [0.4, 0.5) is 10.1 Å². The minimum Gasteiger partial charge on any atom is -0.367 e. The zero-order valence-electron chi connectivity index (χ0n) is 14.4. The van der Waals surface area contributed by atoms with Gasteiger partial charge >= 0.3 is 0 Å². The van der Waals surface area contributed by atoms with E-state index in [1.807, 2.05) is 11.8 Å². The van der Waals surface area contributed by atoms with Crippen molar-refractivity contribution in [3.8, 4) is 0 Å². The van der Waals surface area contributed by atoms with Crippen molar-refractivity contribution in [2.24, 2.45) is 0 Å². The van der Waals surface area contributed by atoms with Gasteiger partial charge in [-0.05, 0) is 26.0 Å². The Morgan fingerprint density at radius 3 is 2.50 bits per heavy atom. The molecule has 138 valence electrons. The highest BCUT2D eigenvalue weighted by molar-refractivity contribution is 7.89. The van der Waals surface area contributed by atoms with Crippen LogP contribution in [0.2, 0.25) is 0 Å². The van der Waals surface area contributed by atoms with Crippen molar-refractivity contribution in [1.29, 1.82) is 0 Å². The SMILES string of the molecule is Cc1nn2c(S(=O)(=O)N3CCN(c4ccccc4F)CC3)c(C)nc2s1. The van der Waals surface area contributed by atoms with Gasteiger partial charge in [-0.15, -0.1) is 0 Å². The molecule has 1 fully saturated rings. The molecule has 4 rings (SSSR count). The Hall–Kier alpha value is -2.04. The molecule has 0 atom stereocenters. The summed E-state index contributed by atoms with van der Waals surface area (Å²) in [5.74, 6) is -0.296. The van der Waals surface area contributed by atoms with E-state index in [0.29, 0.717) is 29.4 Å². The minimum absolute atomic E-state index is 0.121. The number of anilines is 1. The number of imidazole rings is 1. The predicted molar refractivity (Wildman–Crippen MR) is 97.7 cm³/mol. The van der Waals surface area contributed by atoms with Crippen LogP contribution in [-0.4, -0.2) is 53.5 Å². The van der Waals surface area contributed by atoms with E-state index < -0.39 is 10.0 Å². The maximum atomic E-state index is 14.0. The van der Waals surface area contributed by atoms with Crippen molar-refractivity contribution < 1.29 is 12.8 Å². The van der Waals surface area contributed by atoms with E-state index in [2.05, 4.69) is 10.1 Å². The smallest absolute Gasteiger partial charge is 0.262 e. The summed E-state index contributed by atoms with van der Waals surface area (Å²) in [4.78, 5) is 6.76. The van der Waals surface area contributed by atoms with Gasteiger partial charge in [-0.3, -0.25) is 0 Å². The van der Waals surface area contributed by atoms with Crippen LogP contribution in [0, 0.1) is 19.7 Å². The Morgan fingerprint density at radius 2 is 1.81 bits per heavy atom. The highest BCUT2D eigenvalue weighted by Crippen LogP contribution is 2.26. The average Bonchev–Trinajstić information content (AvgIpc) is 3.09. The molecule has 0 saturated carbocycles. The van der Waals surface area contributed by atoms with E-state index in [1.54, 1.807) is 25.1 Å². The molecule has 0 spiro atoms. The summed E-state index contributed by atoms with van der Waals surface area (Å²) >= 11 is 1.36. The summed E-state index contributed by atoms with van der Waals surface area (Å²) in [5.41, 5.74) is 0.947. The standard InChI is InChI=1S/C16H18FN5O2S2/c1-11-15(22-16(18-11)25-12(2)19-22)26(23,24)21-9-7-20(8-10-21)14-6-4-3-5-13(14)17/h3-6H,7-10H2,1-2H3. The summed E-state index contributed by atoms with van der Waals surface area (Å²) in [7, 11) is -3.72. The quantitative estimate of drug-likeness (QED) is 0.679. The van der Waals surface area contributed by atoms with Gasteiger partial charge < -0.3 is 4.90 Å². The maximum Gasteiger partial charge on any atom is 0.262 e. The van der Waals surface area contributed by atoms with Crippen molar-refractivity contribution in [2.75, 3.05) is 31.1 Å². The van der Waals surface area contributed by atoms with E-state index in [-0.39, 0.29) is 23.9 Å². The number of hydrogen-bond acceptors (Lipinski definition) is 6. The first kappa shape index (κ1) is 17.4. The lowest BCUT2D eigenvalue weighted by molar-refractivity contribution is 0.380. The fourth-order valence-electron chi connectivity index (χ4n) is 3.22. The van der Waals surface area contributed by atoms with Crippen LogP contribution in [-0.2, 0) is 10.0 Å². The zero-order chi connectivity index (χ0) is 18.5. The highest BCUT2D eigenvalue weighted by Gasteiger charge is 2.34. The molecule has 10 heteroatoms. The van der Waals surface area contributed by atoms with Gasteiger partial charge in [0.2, 0.25) is 4.96 Å². The van der Waals surface area contributed by atoms with Crippen LogP contribution >= 0.6 is 11.3 Å². The van der Waals surface area contributed by atoms with Crippen molar-refractivity contribution in [1.82, 2.24) is 18.9 Å². The number of fused-ring (bicyclic) bond motifs is 1. The average molecular weight is 395 g/mol. The molecule has 26 heavy (non-hydrogen) atoms. The maximum absolute atomic E-state index is 14.0. The second-order valence-corrected chi connectivity index (χ2v) is 9.17. The van der Waals surface area contributed by atoms with E-state index in [9.17, 15) is 12.8 Å². The Kier molecular flexibility index (Phi) is 4.20. The molecule has 1 aromatic carbocycles. The summed E-state index contributed by atoms with van der Waals surface area (Å²) in [6, 6.07) is 6.54. The molecule has 0 radical (unpaired) electrons. The monoisotopic (exact) mass is 395 g/mol. The third kappa shape index (κ3) is 2.78. The second kappa shape index (κ2) is 6.29. The fourth-order valence-corrected chi connectivity index (χ4v) is 5.72. The summed E-state index contributed by atoms with van der Waals surface area (Å²) in [6.07, 6.45) is 0. The molecule has 3 heterocycles. The van der Waals surface area contributed by atoms with Crippen LogP contribution in [0.25, 0.3) is 4.96 Å². The summed E-state index contributed by atoms with van der Waals surface area (Å²) in [5, 5.41) is 5.16. The molecule has 1 aliphatic heterocycles. The molecule has 0 aliphatic carbocycles. The minimum atomic E-state index is -3.72. The number of sulfonamides is 1. The first-order chi connectivity index (χ1) is 12.4. The first-order valence-electron chi connectivity index (χ1n) is 8.20. The lowest BCUT2D eigenvalue weighted by Crippen LogP contribution is -2.49. The van der Waals surface area contributed by atoms with E-state index in [0.717, 1.165) is 5.01 Å². The second-order valence-electron chi connectivity index (χ2n) is 6.16. The number of nitrogens with zero attached hydrogens (tertiary/aromatic N) is 5. The van der Waals surface area contributed by atoms with Crippen LogP contribution in [0.3, 0.4) is 0 Å². The highest BCUT2D eigenvalue weighted by atomic mass is 32.2. The Balaban J connectivity index is 1.60. The van der Waals surface area contributed by atoms with Crippen molar-refractivity contribution in [3.05, 3.63) is 40.8 Å². The molecular weight excluding hydrogens is 377 g/mol. The summed E-state index contributed by atoms with van der Waals surface area (Å²) < 4.78 is 43.1. The van der Waals surface area contributed by atoms with Gasteiger partial charge in [0.25, 0.3) is 10.0 Å². The number of halogens is 1. The number of aromatic nitrogens is 3. The molecule has 1 saturated heterocycles. The number of aryl methyl sites for hydroxylation is 2. The molecule has 0 N–H and O–H groups in total. The van der Waals surface area contributed by atoms with Crippen LogP contribution in [0.5, 0.6) is 0 Å². The summed E-state index contributed by atoms with van der Waals surface area (Å²) in [6.45, 7) is 4.92. The van der Waals surface area contributed by atoms with E-state index in [4.69, 9.17) is 0 Å². The fraction of sp³-hybridized carbons (Fsp3) is 0.375. The van der Waals surface area contributed by atoms with Crippen molar-refractivity contribution >= 4 is 32.0 Å². The van der Waals surface area contributed by atoms with Gasteiger partial charge in [-0.2, -0.15) is 13.9 Å². The third-order valence-electron chi connectivity index (χ3n) is 4.44. The number of piperazine rings is 1. The van der Waals surface area contributed by atoms with Crippen molar-refractivity contribution in [3.63, 3.8) is 0 Å². The predicted octanol–water partition coefficient (Wildman–Crippen LogP) is 2.06. The Bertz CT molecular complexity index is 1070. The van der Waals surface area contributed by atoms with Crippen LogP contribution in [0.1, 0.15) is 10.7 Å². The Morgan fingerprint density at radius 1 is 1.12 bits per heavy atom. The van der Waals surface area contributed by atoms with Gasteiger partial charge in [-0.1, -0.05) is 23.5 Å². The van der Waals surface area contributed by atoms with E-state index >= 15 is 0 Å². The van der Waals surface area contributed by atoms with Gasteiger partial charge in [-0.25, -0.2) is 17.8 Å². The van der Waals surface area contributed by atoms with Crippen LogP contribution in [0.15, 0.2) is 29.3 Å². The lowest BCUT2D eigenvalue weighted by Gasteiger charge is -2.35. The van der Waals surface area contributed by atoms with Crippen molar-refractivity contribution in [2.45, 2.75) is 18.9 Å². The number of benzene rings is 1. The first-order valence-corrected chi connectivity index (χ1v) is 10.5. The number of rotatable bonds is 3.